The minimum Gasteiger partial charge on any atom is -0.492 e. The van der Waals surface area contributed by atoms with Crippen LogP contribution in [-0.2, 0) is 6.54 Å². The summed E-state index contributed by atoms with van der Waals surface area (Å²) in [5, 5.41) is 3.35. The molecular formula is C15H22N2O. The third-order valence-electron chi connectivity index (χ3n) is 2.51. The molecule has 1 heterocycles. The van der Waals surface area contributed by atoms with Crippen molar-refractivity contribution in [3.63, 3.8) is 0 Å². The van der Waals surface area contributed by atoms with Crippen molar-refractivity contribution in [1.82, 2.24) is 10.3 Å². The first-order valence-corrected chi connectivity index (χ1v) is 6.51. The van der Waals surface area contributed by atoms with Crippen LogP contribution in [0.1, 0.15) is 37.6 Å². The number of hydrogen-bond acceptors (Lipinski definition) is 3. The Labute approximate surface area is 110 Å². The maximum absolute atomic E-state index is 5.73. The van der Waals surface area contributed by atoms with Crippen LogP contribution in [-0.4, -0.2) is 18.1 Å². The molecule has 98 valence electrons. The monoisotopic (exact) mass is 246 g/mol. The highest BCUT2D eigenvalue weighted by atomic mass is 16.5. The van der Waals surface area contributed by atoms with Crippen molar-refractivity contribution in [1.29, 1.82) is 0 Å². The van der Waals surface area contributed by atoms with E-state index in [2.05, 4.69) is 23.1 Å². The van der Waals surface area contributed by atoms with E-state index in [1.165, 1.54) is 0 Å². The van der Waals surface area contributed by atoms with E-state index < -0.39 is 0 Å². The summed E-state index contributed by atoms with van der Waals surface area (Å²) >= 11 is 0. The molecule has 0 aliphatic rings. The molecule has 0 saturated carbocycles. The second-order valence-corrected chi connectivity index (χ2v) is 4.23. The number of nitrogens with zero attached hydrogens (tertiary/aromatic N) is 1. The van der Waals surface area contributed by atoms with Crippen molar-refractivity contribution in [2.75, 3.05) is 13.2 Å². The largest absolute Gasteiger partial charge is 0.492 e. The van der Waals surface area contributed by atoms with Gasteiger partial charge in [0.25, 0.3) is 0 Å². The van der Waals surface area contributed by atoms with Crippen LogP contribution in [0.15, 0.2) is 12.1 Å². The Kier molecular flexibility index (Phi) is 6.90. The van der Waals surface area contributed by atoms with Crippen LogP contribution in [0.2, 0.25) is 0 Å². The van der Waals surface area contributed by atoms with E-state index in [9.17, 15) is 0 Å². The van der Waals surface area contributed by atoms with E-state index in [0.29, 0.717) is 6.61 Å². The molecule has 0 bridgehead atoms. The molecule has 0 saturated heterocycles. The van der Waals surface area contributed by atoms with E-state index >= 15 is 0 Å². The predicted octanol–water partition coefficient (Wildman–Crippen LogP) is 2.68. The van der Waals surface area contributed by atoms with Gasteiger partial charge >= 0.3 is 0 Å². The number of hydrogen-bond donors (Lipinski definition) is 1. The summed E-state index contributed by atoms with van der Waals surface area (Å²) in [6, 6.07) is 3.96. The lowest BCUT2D eigenvalue weighted by atomic mass is 10.2. The first-order valence-electron chi connectivity index (χ1n) is 6.51. The lowest BCUT2D eigenvalue weighted by Crippen LogP contribution is -2.16. The van der Waals surface area contributed by atoms with Crippen LogP contribution in [0.5, 0.6) is 5.75 Å². The minimum absolute atomic E-state index is 0.649. The van der Waals surface area contributed by atoms with Gasteiger partial charge in [-0.3, -0.25) is 4.98 Å². The molecule has 0 spiro atoms. The number of aryl methyl sites for hydroxylation is 1. The van der Waals surface area contributed by atoms with Gasteiger partial charge in [-0.2, -0.15) is 0 Å². The number of pyridine rings is 1. The highest BCUT2D eigenvalue weighted by Gasteiger charge is 2.05. The van der Waals surface area contributed by atoms with Crippen molar-refractivity contribution in [2.24, 2.45) is 0 Å². The van der Waals surface area contributed by atoms with Crippen LogP contribution < -0.4 is 10.1 Å². The Balaban J connectivity index is 2.56. The van der Waals surface area contributed by atoms with Gasteiger partial charge < -0.3 is 10.1 Å². The molecule has 1 aromatic rings. The van der Waals surface area contributed by atoms with Crippen molar-refractivity contribution in [2.45, 2.75) is 39.7 Å². The molecule has 0 radical (unpaired) electrons. The fraction of sp³-hybridized carbons (Fsp3) is 0.533. The van der Waals surface area contributed by atoms with E-state index in [4.69, 9.17) is 11.2 Å². The summed E-state index contributed by atoms with van der Waals surface area (Å²) in [4.78, 5) is 4.52. The lowest BCUT2D eigenvalue weighted by molar-refractivity contribution is 0.307. The smallest absolute Gasteiger partial charge is 0.142 e. The second-order valence-electron chi connectivity index (χ2n) is 4.23. The van der Waals surface area contributed by atoms with E-state index in [0.717, 1.165) is 49.5 Å². The molecular weight excluding hydrogens is 224 g/mol. The first kappa shape index (κ1) is 14.5. The molecule has 0 unspecified atom stereocenters. The van der Waals surface area contributed by atoms with Gasteiger partial charge in [-0.05, 0) is 38.4 Å². The zero-order chi connectivity index (χ0) is 13.2. The normalized spacial score (nSPS) is 10.1. The summed E-state index contributed by atoms with van der Waals surface area (Å²) in [5.74, 6) is 3.47. The molecule has 1 N–H and O–H groups in total. The van der Waals surface area contributed by atoms with Gasteiger partial charge in [-0.25, -0.2) is 0 Å². The molecule has 0 aliphatic carbocycles. The van der Waals surface area contributed by atoms with Gasteiger partial charge in [0.1, 0.15) is 5.75 Å². The van der Waals surface area contributed by atoms with Crippen molar-refractivity contribution in [3.05, 3.63) is 23.5 Å². The van der Waals surface area contributed by atoms with Crippen molar-refractivity contribution < 1.29 is 4.74 Å². The standard InChI is InChI=1S/C15H22N2O/c1-4-6-7-11-18-15-9-8-13(3)17-14(15)12-16-10-5-2/h1,8-9,16H,5-7,10-12H2,2-3H3. The van der Waals surface area contributed by atoms with Crippen molar-refractivity contribution in [3.8, 4) is 18.1 Å². The zero-order valence-electron chi connectivity index (χ0n) is 11.3. The Morgan fingerprint density at radius 2 is 2.28 bits per heavy atom. The van der Waals surface area contributed by atoms with Gasteiger partial charge in [-0.15, -0.1) is 12.3 Å². The maximum Gasteiger partial charge on any atom is 0.142 e. The highest BCUT2D eigenvalue weighted by Crippen LogP contribution is 2.17. The maximum atomic E-state index is 5.73. The summed E-state index contributed by atoms with van der Waals surface area (Å²) < 4.78 is 5.73. The van der Waals surface area contributed by atoms with Gasteiger partial charge in [-0.1, -0.05) is 6.92 Å². The average molecular weight is 246 g/mol. The SMILES string of the molecule is C#CCCCOc1ccc(C)nc1CNCCC. The average Bonchev–Trinajstić information content (AvgIpc) is 2.37. The van der Waals surface area contributed by atoms with Crippen LogP contribution in [0.25, 0.3) is 0 Å². The number of aromatic nitrogens is 1. The summed E-state index contributed by atoms with van der Waals surface area (Å²) in [5.41, 5.74) is 1.99. The van der Waals surface area contributed by atoms with E-state index in [-0.39, 0.29) is 0 Å². The number of terminal acetylenes is 1. The number of nitrogens with one attached hydrogen (secondary N) is 1. The molecule has 0 aliphatic heterocycles. The molecule has 3 heteroatoms. The molecule has 1 rings (SSSR count). The summed E-state index contributed by atoms with van der Waals surface area (Å²) in [6.07, 6.45) is 7.96. The van der Waals surface area contributed by atoms with Gasteiger partial charge in [0.05, 0.1) is 12.3 Å². The van der Waals surface area contributed by atoms with Gasteiger partial charge in [0.2, 0.25) is 0 Å². The van der Waals surface area contributed by atoms with Crippen LogP contribution >= 0.6 is 0 Å². The Morgan fingerprint density at radius 3 is 3.00 bits per heavy atom. The topological polar surface area (TPSA) is 34.1 Å². The predicted molar refractivity (Wildman–Crippen MR) is 74.5 cm³/mol. The van der Waals surface area contributed by atoms with E-state index in [1.54, 1.807) is 0 Å². The highest BCUT2D eigenvalue weighted by molar-refractivity contribution is 5.29. The third-order valence-corrected chi connectivity index (χ3v) is 2.51. The molecule has 18 heavy (non-hydrogen) atoms. The molecule has 0 fully saturated rings. The minimum atomic E-state index is 0.649. The van der Waals surface area contributed by atoms with Gasteiger partial charge in [0.15, 0.2) is 0 Å². The molecule has 0 atom stereocenters. The van der Waals surface area contributed by atoms with E-state index in [1.807, 2.05) is 19.1 Å². The zero-order valence-corrected chi connectivity index (χ0v) is 11.3. The fourth-order valence-corrected chi connectivity index (χ4v) is 1.60. The molecule has 1 aromatic heterocycles. The molecule has 3 nitrogen and oxygen atoms in total. The third kappa shape index (κ3) is 5.20. The number of rotatable bonds is 8. The van der Waals surface area contributed by atoms with Crippen LogP contribution in [0.4, 0.5) is 0 Å². The quantitative estimate of drug-likeness (QED) is 0.565. The second kappa shape index (κ2) is 8.54. The Morgan fingerprint density at radius 1 is 1.44 bits per heavy atom. The fourth-order valence-electron chi connectivity index (χ4n) is 1.60. The summed E-state index contributed by atoms with van der Waals surface area (Å²) in [7, 11) is 0. The van der Waals surface area contributed by atoms with Crippen LogP contribution in [0, 0.1) is 19.3 Å². The van der Waals surface area contributed by atoms with Gasteiger partial charge in [0, 0.05) is 18.7 Å². The number of unbranched alkanes of at least 4 members (excludes halogenated alkanes) is 1. The molecule has 0 amide bonds. The first-order chi connectivity index (χ1) is 8.77. The molecule has 0 aromatic carbocycles. The number of ether oxygens (including phenoxy) is 1. The van der Waals surface area contributed by atoms with Crippen molar-refractivity contribution >= 4 is 0 Å². The summed E-state index contributed by atoms with van der Waals surface area (Å²) in [6.45, 7) is 6.53. The Hall–Kier alpha value is -1.53. The van der Waals surface area contributed by atoms with Crippen LogP contribution in [0.3, 0.4) is 0 Å². The Bertz CT molecular complexity index is 396. The lowest BCUT2D eigenvalue weighted by Gasteiger charge is -2.11.